The third kappa shape index (κ3) is 6.14. The number of carbonyl (C=O) groups excluding carboxylic acids is 1. The van der Waals surface area contributed by atoms with Crippen LogP contribution in [0.15, 0.2) is 57.6 Å². The topological polar surface area (TPSA) is 178 Å². The molecular weight excluding hydrogens is 476 g/mol. The Morgan fingerprint density at radius 1 is 1.30 bits per heavy atom. The first kappa shape index (κ1) is 23.9. The van der Waals surface area contributed by atoms with Crippen LogP contribution in [0.3, 0.4) is 0 Å². The zero-order chi connectivity index (χ0) is 24.2. The fourth-order valence-corrected chi connectivity index (χ4v) is 4.49. The van der Waals surface area contributed by atoms with Gasteiger partial charge >= 0.3 is 16.1 Å². The van der Waals surface area contributed by atoms with Crippen molar-refractivity contribution < 1.29 is 32.2 Å². The average molecular weight is 492 g/mol. The molecule has 3 rings (SSSR count). The summed E-state index contributed by atoms with van der Waals surface area (Å²) in [6.45, 7) is 1.49. The Bertz CT molecular complexity index is 1270. The predicted octanol–water partition coefficient (Wildman–Crippen LogP) is 2.07. The van der Waals surface area contributed by atoms with Crippen molar-refractivity contribution in [2.75, 3.05) is 0 Å². The first-order valence-electron chi connectivity index (χ1n) is 9.15. The number of nitrogens with zero attached hydrogens (tertiary/aromatic N) is 3. The Balaban J connectivity index is 1.66. The number of carboxylic acid groups (broad SMARTS) is 1. The van der Waals surface area contributed by atoms with Crippen molar-refractivity contribution in [2.45, 2.75) is 23.5 Å². The van der Waals surface area contributed by atoms with Crippen molar-refractivity contribution in [3.05, 3.63) is 63.7 Å². The van der Waals surface area contributed by atoms with Gasteiger partial charge in [-0.25, -0.2) is 0 Å². The van der Waals surface area contributed by atoms with Crippen molar-refractivity contribution in [3.63, 3.8) is 0 Å². The normalized spacial score (nSPS) is 17.3. The van der Waals surface area contributed by atoms with E-state index in [9.17, 15) is 28.1 Å². The molecule has 2 aromatic carbocycles. The molecule has 33 heavy (non-hydrogen) atoms. The zero-order valence-corrected chi connectivity index (χ0v) is 18.5. The Morgan fingerprint density at radius 2 is 2.00 bits per heavy atom. The quantitative estimate of drug-likeness (QED) is 0.241. The molecule has 2 N–H and O–H groups in total. The standard InChI is InChI=1S/C19H16N4O8S2/c1-11-2-7-14(8-15(11)23(27)28)33(29,30)31-13-5-3-12(4-6-13)10-20-22-19-21-18(26)16(32-19)9-17(24)25/h2-8,10,16H,9H2,1H3,(H,24,25)(H,21,22,26)/b20-10-/t16-/m1/s1. The molecule has 1 aliphatic heterocycles. The number of rotatable bonds is 8. The number of nitro benzene ring substituents is 1. The largest absolute Gasteiger partial charge is 0.481 e. The molecule has 0 aromatic heterocycles. The smallest absolute Gasteiger partial charge is 0.339 e. The lowest BCUT2D eigenvalue weighted by Gasteiger charge is -2.08. The number of nitro groups is 1. The number of hydrogen-bond donors (Lipinski definition) is 2. The van der Waals surface area contributed by atoms with Crippen molar-refractivity contribution in [3.8, 4) is 5.75 Å². The summed E-state index contributed by atoms with van der Waals surface area (Å²) >= 11 is 0.958. The molecule has 0 unspecified atom stereocenters. The molecule has 0 bridgehead atoms. The monoisotopic (exact) mass is 492 g/mol. The van der Waals surface area contributed by atoms with E-state index in [0.717, 1.165) is 17.8 Å². The maximum absolute atomic E-state index is 12.4. The maximum atomic E-state index is 12.4. The minimum absolute atomic E-state index is 0.0168. The Morgan fingerprint density at radius 3 is 2.64 bits per heavy atom. The van der Waals surface area contributed by atoms with Gasteiger partial charge in [-0.15, -0.1) is 5.10 Å². The highest BCUT2D eigenvalue weighted by Crippen LogP contribution is 2.25. The molecule has 2 aromatic rings. The average Bonchev–Trinajstić information content (AvgIpc) is 3.07. The molecule has 1 saturated heterocycles. The predicted molar refractivity (Wildman–Crippen MR) is 119 cm³/mol. The molecule has 14 heteroatoms. The van der Waals surface area contributed by atoms with Crippen LogP contribution in [0, 0.1) is 17.0 Å². The third-order valence-corrected chi connectivity index (χ3v) is 6.56. The molecule has 0 spiro atoms. The minimum atomic E-state index is -4.29. The van der Waals surface area contributed by atoms with Gasteiger partial charge in [0.1, 0.15) is 15.9 Å². The number of aliphatic carboxylic acids is 1. The number of hydrogen-bond acceptors (Lipinski definition) is 10. The van der Waals surface area contributed by atoms with E-state index < -0.39 is 32.2 Å². The van der Waals surface area contributed by atoms with Crippen LogP contribution in [-0.4, -0.2) is 47.0 Å². The number of benzene rings is 2. The van der Waals surface area contributed by atoms with Crippen LogP contribution in [0.2, 0.25) is 0 Å². The summed E-state index contributed by atoms with van der Waals surface area (Å²) in [7, 11) is -4.29. The lowest BCUT2D eigenvalue weighted by Crippen LogP contribution is -2.26. The highest BCUT2D eigenvalue weighted by Gasteiger charge is 2.32. The number of nitrogens with one attached hydrogen (secondary N) is 1. The van der Waals surface area contributed by atoms with Crippen LogP contribution >= 0.6 is 11.8 Å². The van der Waals surface area contributed by atoms with Crippen molar-refractivity contribution >= 4 is 50.8 Å². The fourth-order valence-electron chi connectivity index (χ4n) is 2.62. The molecule has 1 fully saturated rings. The zero-order valence-electron chi connectivity index (χ0n) is 16.9. The number of carbonyl (C=O) groups is 2. The van der Waals surface area contributed by atoms with Gasteiger partial charge in [0.25, 0.3) is 5.69 Å². The summed E-state index contributed by atoms with van der Waals surface area (Å²) < 4.78 is 29.9. The van der Waals surface area contributed by atoms with Crippen molar-refractivity contribution in [1.82, 2.24) is 5.32 Å². The first-order valence-corrected chi connectivity index (χ1v) is 11.4. The summed E-state index contributed by atoms with van der Waals surface area (Å²) in [6.07, 6.45) is 1.01. The van der Waals surface area contributed by atoms with E-state index in [4.69, 9.17) is 9.29 Å². The van der Waals surface area contributed by atoms with Gasteiger partial charge in [-0.1, -0.05) is 17.8 Å². The van der Waals surface area contributed by atoms with Gasteiger partial charge in [0.15, 0.2) is 5.17 Å². The molecule has 0 radical (unpaired) electrons. The number of amides is 1. The van der Waals surface area contributed by atoms with Gasteiger partial charge < -0.3 is 14.6 Å². The van der Waals surface area contributed by atoms with Crippen LogP contribution in [0.5, 0.6) is 5.75 Å². The van der Waals surface area contributed by atoms with Gasteiger partial charge in [-0.05, 0) is 42.8 Å². The summed E-state index contributed by atoms with van der Waals surface area (Å²) in [6, 6.07) is 9.21. The van der Waals surface area contributed by atoms with Crippen LogP contribution in [0.4, 0.5) is 5.69 Å². The lowest BCUT2D eigenvalue weighted by molar-refractivity contribution is -0.385. The Kier molecular flexibility index (Phi) is 7.08. The number of amidine groups is 1. The number of carboxylic acids is 1. The molecule has 1 heterocycles. The third-order valence-electron chi connectivity index (χ3n) is 4.24. The lowest BCUT2D eigenvalue weighted by atomic mass is 10.2. The summed E-state index contributed by atoms with van der Waals surface area (Å²) in [5.74, 6) is -1.58. The SMILES string of the molecule is Cc1ccc(S(=O)(=O)Oc2ccc(/C=N\N=C3\NC(=O)[C@@H](CC(=O)O)S3)cc2)cc1[N+](=O)[O-]. The second-order valence-corrected chi connectivity index (χ2v) is 9.39. The van der Waals surface area contributed by atoms with Gasteiger partial charge in [-0.2, -0.15) is 13.5 Å². The molecule has 0 saturated carbocycles. The molecule has 0 aliphatic carbocycles. The Labute approximate surface area is 191 Å². The van der Waals surface area contributed by atoms with E-state index in [1.54, 1.807) is 0 Å². The summed E-state index contributed by atoms with van der Waals surface area (Å²) in [5.41, 5.74) is 0.518. The fraction of sp³-hybridized carbons (Fsp3) is 0.158. The molecule has 172 valence electrons. The van der Waals surface area contributed by atoms with Crippen molar-refractivity contribution in [2.24, 2.45) is 10.2 Å². The van der Waals surface area contributed by atoms with E-state index in [1.165, 1.54) is 49.5 Å². The van der Waals surface area contributed by atoms with Gasteiger partial charge in [0.2, 0.25) is 5.91 Å². The number of thioether (sulfide) groups is 1. The molecule has 12 nitrogen and oxygen atoms in total. The molecular formula is C19H16N4O8S2. The van der Waals surface area contributed by atoms with Gasteiger partial charge in [-0.3, -0.25) is 19.7 Å². The molecule has 1 aliphatic rings. The maximum Gasteiger partial charge on any atom is 0.339 e. The number of aryl methyl sites for hydroxylation is 1. The second-order valence-electron chi connectivity index (χ2n) is 6.66. The van der Waals surface area contributed by atoms with E-state index >= 15 is 0 Å². The van der Waals surface area contributed by atoms with Crippen LogP contribution in [0.25, 0.3) is 0 Å². The molecule has 1 amide bonds. The van der Waals surface area contributed by atoms with E-state index in [-0.39, 0.29) is 27.9 Å². The highest BCUT2D eigenvalue weighted by atomic mass is 32.2. The van der Waals surface area contributed by atoms with Gasteiger partial charge in [0, 0.05) is 11.6 Å². The van der Waals surface area contributed by atoms with Gasteiger partial charge in [0.05, 0.1) is 17.6 Å². The van der Waals surface area contributed by atoms with Crippen LogP contribution in [0.1, 0.15) is 17.5 Å². The first-order chi connectivity index (χ1) is 15.5. The van der Waals surface area contributed by atoms with E-state index in [1.807, 2.05) is 0 Å². The summed E-state index contributed by atoms with van der Waals surface area (Å²) in [4.78, 5) is 32.4. The molecule has 1 atom stereocenters. The van der Waals surface area contributed by atoms with E-state index in [0.29, 0.717) is 11.1 Å². The van der Waals surface area contributed by atoms with Crippen molar-refractivity contribution in [1.29, 1.82) is 0 Å². The minimum Gasteiger partial charge on any atom is -0.481 e. The van der Waals surface area contributed by atoms with E-state index in [2.05, 4.69) is 15.5 Å². The second kappa shape index (κ2) is 9.79. The van der Waals surface area contributed by atoms with Crippen LogP contribution in [-0.2, 0) is 19.7 Å². The Hall–Kier alpha value is -3.78. The highest BCUT2D eigenvalue weighted by molar-refractivity contribution is 8.15. The van der Waals surface area contributed by atoms with Crippen LogP contribution < -0.4 is 9.50 Å². The summed E-state index contributed by atoms with van der Waals surface area (Å²) in [5, 5.41) is 29.3.